The average molecular weight is 783 g/mol. The van der Waals surface area contributed by atoms with E-state index in [1.54, 1.807) is 0 Å². The van der Waals surface area contributed by atoms with Crippen LogP contribution in [-0.4, -0.2) is 9.13 Å². The van der Waals surface area contributed by atoms with Crippen molar-refractivity contribution in [2.75, 3.05) is 0 Å². The molecule has 10 rings (SSSR count). The van der Waals surface area contributed by atoms with E-state index in [4.69, 9.17) is 0 Å². The van der Waals surface area contributed by atoms with E-state index in [1.165, 1.54) is 6.07 Å². The van der Waals surface area contributed by atoms with Crippen molar-refractivity contribution in [1.29, 1.82) is 10.5 Å². The van der Waals surface area contributed by atoms with Crippen LogP contribution in [0.3, 0.4) is 0 Å². The van der Waals surface area contributed by atoms with Crippen LogP contribution in [0.5, 0.6) is 0 Å². The lowest BCUT2D eigenvalue weighted by Gasteiger charge is -2.20. The minimum atomic E-state index is -4.65. The highest BCUT2D eigenvalue weighted by molar-refractivity contribution is 6.12. The molecule has 2 heterocycles. The van der Waals surface area contributed by atoms with E-state index in [0.717, 1.165) is 89.1 Å². The summed E-state index contributed by atoms with van der Waals surface area (Å²) in [6.07, 6.45) is -4.65. The molecule has 7 heteroatoms. The first-order valence-corrected chi connectivity index (χ1v) is 19.5. The first-order valence-electron chi connectivity index (χ1n) is 19.5. The molecule has 0 N–H and O–H groups in total. The third-order valence-electron chi connectivity index (χ3n) is 11.5. The van der Waals surface area contributed by atoms with Crippen LogP contribution in [0.4, 0.5) is 13.2 Å². The Balaban J connectivity index is 1.33. The molecule has 60 heavy (non-hydrogen) atoms. The standard InChI is InChI=1S/C53H33F3N4/c1-32-9-7-11-34(23-32)36-17-20-44-42-13-3-5-15-47(42)59(50(44)26-36)49-29-46(41-22-19-40(53(54,55)56)25-38(41)30-57)52(28-39(49)31-58)60-48-16-6-4-14-43(48)45-21-18-37(27-51(45)60)35-12-8-10-33(2)24-35/h3-29H,1-2H3. The summed E-state index contributed by atoms with van der Waals surface area (Å²) < 4.78 is 46.6. The Morgan fingerprint density at radius 3 is 1.43 bits per heavy atom. The molecule has 2 aromatic heterocycles. The summed E-state index contributed by atoms with van der Waals surface area (Å²) in [7, 11) is 0. The van der Waals surface area contributed by atoms with Gasteiger partial charge < -0.3 is 9.13 Å². The van der Waals surface area contributed by atoms with Crippen LogP contribution < -0.4 is 0 Å². The fourth-order valence-electron chi connectivity index (χ4n) is 8.77. The van der Waals surface area contributed by atoms with Gasteiger partial charge in [0.25, 0.3) is 0 Å². The van der Waals surface area contributed by atoms with Gasteiger partial charge in [-0.3, -0.25) is 0 Å². The zero-order valence-electron chi connectivity index (χ0n) is 32.5. The summed E-state index contributed by atoms with van der Waals surface area (Å²) in [5.41, 5.74) is 10.9. The van der Waals surface area contributed by atoms with Crippen LogP contribution in [0.2, 0.25) is 0 Å². The highest BCUT2D eigenvalue weighted by Gasteiger charge is 2.32. The maximum atomic E-state index is 14.2. The second-order valence-corrected chi connectivity index (χ2v) is 15.3. The van der Waals surface area contributed by atoms with Crippen molar-refractivity contribution in [1.82, 2.24) is 9.13 Å². The van der Waals surface area contributed by atoms with E-state index in [-0.39, 0.29) is 5.56 Å². The second-order valence-electron chi connectivity index (χ2n) is 15.3. The van der Waals surface area contributed by atoms with Gasteiger partial charge in [-0.05, 0) is 84.6 Å². The summed E-state index contributed by atoms with van der Waals surface area (Å²) in [6, 6.07) is 56.7. The number of fused-ring (bicyclic) bond motifs is 6. The first-order chi connectivity index (χ1) is 29.1. The summed E-state index contributed by atoms with van der Waals surface area (Å²) in [5.74, 6) is 0. The minimum absolute atomic E-state index is 0.132. The molecule has 10 aromatic rings. The van der Waals surface area contributed by atoms with E-state index in [1.807, 2.05) is 79.7 Å². The van der Waals surface area contributed by atoms with Crippen LogP contribution >= 0.6 is 0 Å². The number of rotatable bonds is 5. The number of alkyl halides is 3. The van der Waals surface area contributed by atoms with Crippen molar-refractivity contribution in [3.63, 3.8) is 0 Å². The van der Waals surface area contributed by atoms with Crippen LogP contribution in [-0.2, 0) is 6.18 Å². The van der Waals surface area contributed by atoms with Crippen LogP contribution in [0.1, 0.15) is 27.8 Å². The molecule has 0 aliphatic rings. The van der Waals surface area contributed by atoms with Gasteiger partial charge in [-0.2, -0.15) is 23.7 Å². The molecule has 0 fully saturated rings. The molecule has 0 bridgehead atoms. The molecule has 0 unspecified atom stereocenters. The van der Waals surface area contributed by atoms with E-state index >= 15 is 0 Å². The smallest absolute Gasteiger partial charge is 0.309 e. The number of nitrogens with zero attached hydrogens (tertiary/aromatic N) is 4. The van der Waals surface area contributed by atoms with E-state index < -0.39 is 11.7 Å². The zero-order chi connectivity index (χ0) is 41.3. The fraction of sp³-hybridized carbons (Fsp3) is 0.0566. The van der Waals surface area contributed by atoms with Crippen molar-refractivity contribution < 1.29 is 13.2 Å². The van der Waals surface area contributed by atoms with E-state index in [0.29, 0.717) is 28.1 Å². The average Bonchev–Trinajstić information content (AvgIpc) is 3.77. The third-order valence-corrected chi connectivity index (χ3v) is 11.5. The summed E-state index contributed by atoms with van der Waals surface area (Å²) >= 11 is 0. The molecule has 0 saturated carbocycles. The fourth-order valence-corrected chi connectivity index (χ4v) is 8.77. The molecule has 0 saturated heterocycles. The maximum absolute atomic E-state index is 14.2. The molecule has 0 aliphatic heterocycles. The number of aryl methyl sites for hydroxylation is 2. The number of hydrogen-bond acceptors (Lipinski definition) is 2. The predicted octanol–water partition coefficient (Wildman–Crippen LogP) is 14.3. The monoisotopic (exact) mass is 782 g/mol. The Hall–Kier alpha value is -7.87. The van der Waals surface area contributed by atoms with Crippen molar-refractivity contribution in [2.24, 2.45) is 0 Å². The Morgan fingerprint density at radius 2 is 0.917 bits per heavy atom. The number of nitriles is 2. The normalized spacial score (nSPS) is 11.7. The lowest BCUT2D eigenvalue weighted by molar-refractivity contribution is -0.137. The van der Waals surface area contributed by atoms with Gasteiger partial charge in [0.15, 0.2) is 0 Å². The molecular formula is C53H33F3N4. The lowest BCUT2D eigenvalue weighted by atomic mass is 9.94. The molecule has 286 valence electrons. The maximum Gasteiger partial charge on any atom is 0.416 e. The Morgan fingerprint density at radius 1 is 0.417 bits per heavy atom. The topological polar surface area (TPSA) is 57.4 Å². The van der Waals surface area contributed by atoms with Gasteiger partial charge >= 0.3 is 6.18 Å². The molecule has 0 spiro atoms. The molecular weight excluding hydrogens is 750 g/mol. The SMILES string of the molecule is Cc1cccc(-c2ccc3c4ccccc4n(-c4cc(-c5ccc(C(F)(F)F)cc5C#N)c(-n5c6ccccc6c6ccc(-c7cccc(C)c7)cc65)cc4C#N)c3c2)c1. The van der Waals surface area contributed by atoms with Crippen molar-refractivity contribution >= 4 is 43.6 Å². The summed E-state index contributed by atoms with van der Waals surface area (Å²) in [5, 5.41) is 25.6. The minimum Gasteiger partial charge on any atom is -0.309 e. The van der Waals surface area contributed by atoms with E-state index in [2.05, 4.69) is 101 Å². The second kappa shape index (κ2) is 13.9. The van der Waals surface area contributed by atoms with Crippen molar-refractivity contribution in [3.05, 3.63) is 192 Å². The van der Waals surface area contributed by atoms with Crippen molar-refractivity contribution in [3.8, 4) is 56.9 Å². The van der Waals surface area contributed by atoms with Gasteiger partial charge in [-0.15, -0.1) is 0 Å². The van der Waals surface area contributed by atoms with Gasteiger partial charge in [0.05, 0.1) is 56.2 Å². The lowest BCUT2D eigenvalue weighted by Crippen LogP contribution is -2.07. The Kier molecular flexibility index (Phi) is 8.45. The highest BCUT2D eigenvalue weighted by Crippen LogP contribution is 2.43. The van der Waals surface area contributed by atoms with Gasteiger partial charge in [0, 0.05) is 32.7 Å². The molecule has 0 radical (unpaired) electrons. The number of hydrogen-bond donors (Lipinski definition) is 0. The first kappa shape index (κ1) is 36.5. The molecule has 0 atom stereocenters. The van der Waals surface area contributed by atoms with Crippen LogP contribution in [0.15, 0.2) is 164 Å². The Labute approximate surface area is 343 Å². The highest BCUT2D eigenvalue weighted by atomic mass is 19.4. The van der Waals surface area contributed by atoms with Gasteiger partial charge in [0.2, 0.25) is 0 Å². The van der Waals surface area contributed by atoms with E-state index in [9.17, 15) is 23.7 Å². The Bertz CT molecular complexity index is 3480. The van der Waals surface area contributed by atoms with Crippen LogP contribution in [0.25, 0.3) is 88.4 Å². The number of halogens is 3. The summed E-state index contributed by atoms with van der Waals surface area (Å²) in [4.78, 5) is 0. The van der Waals surface area contributed by atoms with Crippen LogP contribution in [0, 0.1) is 36.5 Å². The van der Waals surface area contributed by atoms with Crippen molar-refractivity contribution in [2.45, 2.75) is 20.0 Å². The number of aromatic nitrogens is 2. The number of benzene rings is 8. The molecule has 8 aromatic carbocycles. The molecule has 4 nitrogen and oxygen atoms in total. The zero-order valence-corrected chi connectivity index (χ0v) is 32.5. The predicted molar refractivity (Wildman–Crippen MR) is 235 cm³/mol. The number of para-hydroxylation sites is 2. The van der Waals surface area contributed by atoms with Gasteiger partial charge in [0.1, 0.15) is 6.07 Å². The molecule has 0 aliphatic carbocycles. The quantitative estimate of drug-likeness (QED) is 0.175. The molecule has 0 amide bonds. The van der Waals surface area contributed by atoms with Gasteiger partial charge in [-0.25, -0.2) is 0 Å². The van der Waals surface area contributed by atoms with Gasteiger partial charge in [-0.1, -0.05) is 126 Å². The third kappa shape index (κ3) is 5.91. The largest absolute Gasteiger partial charge is 0.416 e. The summed E-state index contributed by atoms with van der Waals surface area (Å²) in [6.45, 7) is 4.10.